The van der Waals surface area contributed by atoms with E-state index in [1.54, 1.807) is 6.07 Å². The van der Waals surface area contributed by atoms with Gasteiger partial charge in [0.25, 0.3) is 0 Å². The molecule has 2 aromatic rings. The van der Waals surface area contributed by atoms with Crippen LogP contribution in [0.15, 0.2) is 47.4 Å². The monoisotopic (exact) mass is 431 g/mol. The summed E-state index contributed by atoms with van der Waals surface area (Å²) in [5, 5.41) is 0. The molecule has 0 N–H and O–H groups in total. The van der Waals surface area contributed by atoms with Crippen molar-refractivity contribution in [2.24, 2.45) is 5.92 Å². The van der Waals surface area contributed by atoms with E-state index in [4.69, 9.17) is 14.2 Å². The highest BCUT2D eigenvalue weighted by molar-refractivity contribution is 7.89. The van der Waals surface area contributed by atoms with Crippen LogP contribution in [0.5, 0.6) is 11.5 Å². The third-order valence-corrected chi connectivity index (χ3v) is 7.30. The first-order valence-corrected chi connectivity index (χ1v) is 11.5. The largest absolute Gasteiger partial charge is 0.486 e. The van der Waals surface area contributed by atoms with Crippen molar-refractivity contribution in [3.05, 3.63) is 53.6 Å². The number of esters is 1. The van der Waals surface area contributed by atoms with Crippen molar-refractivity contribution in [3.8, 4) is 11.5 Å². The molecule has 0 amide bonds. The van der Waals surface area contributed by atoms with Crippen molar-refractivity contribution >= 4 is 16.0 Å². The van der Waals surface area contributed by atoms with Crippen LogP contribution in [0.1, 0.15) is 24.0 Å². The molecule has 0 bridgehead atoms. The van der Waals surface area contributed by atoms with Crippen molar-refractivity contribution in [2.45, 2.75) is 31.3 Å². The Morgan fingerprint density at radius 1 is 1.07 bits per heavy atom. The molecule has 8 heteroatoms. The number of benzene rings is 2. The van der Waals surface area contributed by atoms with Crippen molar-refractivity contribution in [1.82, 2.24) is 4.31 Å². The normalized spacial score (nSPS) is 17.5. The molecule has 0 radical (unpaired) electrons. The summed E-state index contributed by atoms with van der Waals surface area (Å²) in [6.45, 7) is 3.63. The van der Waals surface area contributed by atoms with E-state index in [-0.39, 0.29) is 36.5 Å². The van der Waals surface area contributed by atoms with Gasteiger partial charge in [0.05, 0.1) is 10.8 Å². The van der Waals surface area contributed by atoms with E-state index >= 15 is 0 Å². The van der Waals surface area contributed by atoms with Gasteiger partial charge in [-0.3, -0.25) is 4.79 Å². The molecule has 0 aliphatic carbocycles. The maximum Gasteiger partial charge on any atom is 0.309 e. The molecule has 2 aliphatic heterocycles. The first kappa shape index (κ1) is 20.7. The standard InChI is InChI=1S/C22H25NO6S/c1-16-3-2-4-17(13-16)15-29-22(24)18-7-9-23(10-8-18)30(25,26)19-5-6-20-21(14-19)28-12-11-27-20/h2-6,13-14,18H,7-12,15H2,1H3. The maximum absolute atomic E-state index is 13.0. The van der Waals surface area contributed by atoms with Gasteiger partial charge in [-0.15, -0.1) is 0 Å². The van der Waals surface area contributed by atoms with E-state index in [0.717, 1.165) is 11.1 Å². The summed E-state index contributed by atoms with van der Waals surface area (Å²) >= 11 is 0. The van der Waals surface area contributed by atoms with Gasteiger partial charge in [0.15, 0.2) is 11.5 Å². The number of nitrogens with zero attached hydrogens (tertiary/aromatic N) is 1. The van der Waals surface area contributed by atoms with Gasteiger partial charge in [0, 0.05) is 19.2 Å². The fourth-order valence-electron chi connectivity index (χ4n) is 3.74. The van der Waals surface area contributed by atoms with Crippen molar-refractivity contribution < 1.29 is 27.4 Å². The van der Waals surface area contributed by atoms with Gasteiger partial charge >= 0.3 is 5.97 Å². The SMILES string of the molecule is Cc1cccc(COC(=O)C2CCN(S(=O)(=O)c3ccc4c(c3)OCCO4)CC2)c1. The van der Waals surface area contributed by atoms with Crippen LogP contribution in [0, 0.1) is 12.8 Å². The van der Waals surface area contributed by atoms with Gasteiger partial charge in [-0.2, -0.15) is 4.31 Å². The molecule has 2 aromatic carbocycles. The highest BCUT2D eigenvalue weighted by Crippen LogP contribution is 2.34. The highest BCUT2D eigenvalue weighted by atomic mass is 32.2. The zero-order valence-corrected chi connectivity index (χ0v) is 17.7. The van der Waals surface area contributed by atoms with Crippen molar-refractivity contribution in [1.29, 1.82) is 0 Å². The molecule has 7 nitrogen and oxygen atoms in total. The number of piperidine rings is 1. The molecule has 0 saturated carbocycles. The Kier molecular flexibility index (Phi) is 5.97. The lowest BCUT2D eigenvalue weighted by molar-refractivity contribution is -0.151. The van der Waals surface area contributed by atoms with Gasteiger partial charge in [0.2, 0.25) is 10.0 Å². The summed E-state index contributed by atoms with van der Waals surface area (Å²) in [7, 11) is -3.66. The Morgan fingerprint density at radius 3 is 2.53 bits per heavy atom. The van der Waals surface area contributed by atoms with E-state index in [9.17, 15) is 13.2 Å². The minimum absolute atomic E-state index is 0.173. The van der Waals surface area contributed by atoms with E-state index in [0.29, 0.717) is 37.6 Å². The number of hydrogen-bond donors (Lipinski definition) is 0. The Morgan fingerprint density at radius 2 is 1.80 bits per heavy atom. The second kappa shape index (κ2) is 8.65. The number of hydrogen-bond acceptors (Lipinski definition) is 6. The molecule has 1 fully saturated rings. The number of sulfonamides is 1. The van der Waals surface area contributed by atoms with Crippen LogP contribution in [0.3, 0.4) is 0 Å². The molecule has 0 unspecified atom stereocenters. The van der Waals surface area contributed by atoms with Crippen LogP contribution in [-0.4, -0.2) is 45.0 Å². The zero-order chi connectivity index (χ0) is 21.1. The number of ether oxygens (including phenoxy) is 3. The molecule has 2 heterocycles. The van der Waals surface area contributed by atoms with Crippen LogP contribution >= 0.6 is 0 Å². The van der Waals surface area contributed by atoms with Gasteiger partial charge in [-0.05, 0) is 37.5 Å². The first-order valence-electron chi connectivity index (χ1n) is 10.1. The molecular weight excluding hydrogens is 406 g/mol. The molecule has 30 heavy (non-hydrogen) atoms. The predicted octanol–water partition coefficient (Wildman–Crippen LogP) is 2.91. The quantitative estimate of drug-likeness (QED) is 0.677. The van der Waals surface area contributed by atoms with Crippen molar-refractivity contribution in [2.75, 3.05) is 26.3 Å². The van der Waals surface area contributed by atoms with Gasteiger partial charge in [0.1, 0.15) is 19.8 Å². The van der Waals surface area contributed by atoms with E-state index in [1.807, 2.05) is 31.2 Å². The summed E-state index contributed by atoms with van der Waals surface area (Å²) in [6.07, 6.45) is 0.882. The van der Waals surface area contributed by atoms with Crippen LogP contribution in [0.2, 0.25) is 0 Å². The van der Waals surface area contributed by atoms with Gasteiger partial charge in [-0.25, -0.2) is 8.42 Å². The molecule has 4 rings (SSSR count). The molecule has 2 aliphatic rings. The summed E-state index contributed by atoms with van der Waals surface area (Å²) in [5.41, 5.74) is 2.06. The number of rotatable bonds is 5. The lowest BCUT2D eigenvalue weighted by atomic mass is 9.98. The first-order chi connectivity index (χ1) is 14.4. The van der Waals surface area contributed by atoms with E-state index < -0.39 is 10.0 Å². The Labute approximate surface area is 176 Å². The smallest absolute Gasteiger partial charge is 0.309 e. The van der Waals surface area contributed by atoms with Gasteiger partial charge in [-0.1, -0.05) is 29.8 Å². The average Bonchev–Trinajstić information content (AvgIpc) is 2.77. The third kappa shape index (κ3) is 4.44. The molecule has 1 saturated heterocycles. The molecule has 0 atom stereocenters. The number of carbonyl (C=O) groups excluding carboxylic acids is 1. The minimum atomic E-state index is -3.66. The Bertz CT molecular complexity index is 1030. The van der Waals surface area contributed by atoms with E-state index in [2.05, 4.69) is 0 Å². The van der Waals surface area contributed by atoms with Crippen LogP contribution in [0.25, 0.3) is 0 Å². The Balaban J connectivity index is 1.35. The van der Waals surface area contributed by atoms with Crippen LogP contribution in [0.4, 0.5) is 0 Å². The second-order valence-corrected chi connectivity index (χ2v) is 9.52. The maximum atomic E-state index is 13.0. The predicted molar refractivity (Wildman–Crippen MR) is 110 cm³/mol. The fourth-order valence-corrected chi connectivity index (χ4v) is 5.22. The molecular formula is C22H25NO6S. The second-order valence-electron chi connectivity index (χ2n) is 7.58. The van der Waals surface area contributed by atoms with E-state index in [1.165, 1.54) is 16.4 Å². The van der Waals surface area contributed by atoms with Crippen LogP contribution in [-0.2, 0) is 26.2 Å². The number of aryl methyl sites for hydroxylation is 1. The summed E-state index contributed by atoms with van der Waals surface area (Å²) < 4.78 is 43.8. The molecule has 0 aromatic heterocycles. The minimum Gasteiger partial charge on any atom is -0.486 e. The zero-order valence-electron chi connectivity index (χ0n) is 16.9. The highest BCUT2D eigenvalue weighted by Gasteiger charge is 2.33. The van der Waals surface area contributed by atoms with Crippen molar-refractivity contribution in [3.63, 3.8) is 0 Å². The summed E-state index contributed by atoms with van der Waals surface area (Å²) in [6, 6.07) is 12.5. The summed E-state index contributed by atoms with van der Waals surface area (Å²) in [5.74, 6) is 0.432. The third-order valence-electron chi connectivity index (χ3n) is 5.40. The van der Waals surface area contributed by atoms with Gasteiger partial charge < -0.3 is 14.2 Å². The number of carbonyl (C=O) groups is 1. The molecule has 0 spiro atoms. The topological polar surface area (TPSA) is 82.1 Å². The lowest BCUT2D eigenvalue weighted by Gasteiger charge is -2.30. The molecule has 160 valence electrons. The number of fused-ring (bicyclic) bond motifs is 1. The van der Waals surface area contributed by atoms with Crippen LogP contribution < -0.4 is 9.47 Å². The summed E-state index contributed by atoms with van der Waals surface area (Å²) in [4.78, 5) is 12.6. The lowest BCUT2D eigenvalue weighted by Crippen LogP contribution is -2.40. The Hall–Kier alpha value is -2.58. The average molecular weight is 432 g/mol. The fraction of sp³-hybridized carbons (Fsp3) is 0.409.